The summed E-state index contributed by atoms with van der Waals surface area (Å²) in [5, 5.41) is 0. The van der Waals surface area contributed by atoms with E-state index in [0.29, 0.717) is 0 Å². The van der Waals surface area contributed by atoms with Gasteiger partial charge >= 0.3 is 7.12 Å². The highest BCUT2D eigenvalue weighted by atomic mass is 16.7. The van der Waals surface area contributed by atoms with Gasteiger partial charge in [0.2, 0.25) is 0 Å². The number of nitrogens with zero attached hydrogens (tertiary/aromatic N) is 1. The maximum atomic E-state index is 6.10. The summed E-state index contributed by atoms with van der Waals surface area (Å²) in [5.74, 6) is 0. The predicted octanol–water partition coefficient (Wildman–Crippen LogP) is 2.62. The van der Waals surface area contributed by atoms with E-state index in [1.54, 1.807) is 0 Å². The normalized spacial score (nSPS) is 27.8. The first-order valence-corrected chi connectivity index (χ1v) is 7.82. The van der Waals surface area contributed by atoms with Crippen molar-refractivity contribution in [2.24, 2.45) is 0 Å². The summed E-state index contributed by atoms with van der Waals surface area (Å²) < 4.78 is 18.0. The first-order valence-electron chi connectivity index (χ1n) is 7.82. The van der Waals surface area contributed by atoms with Crippen molar-refractivity contribution in [1.82, 2.24) is 4.98 Å². The van der Waals surface area contributed by atoms with Crippen molar-refractivity contribution in [1.29, 1.82) is 0 Å². The molecule has 3 heterocycles. The average molecular weight is 289 g/mol. The largest absolute Gasteiger partial charge is 0.494 e. The number of hydrogen-bond donors (Lipinski definition) is 0. The van der Waals surface area contributed by atoms with Gasteiger partial charge in [0.15, 0.2) is 0 Å². The van der Waals surface area contributed by atoms with E-state index < -0.39 is 0 Å². The van der Waals surface area contributed by atoms with Gasteiger partial charge in [-0.25, -0.2) is 0 Å². The van der Waals surface area contributed by atoms with E-state index in [4.69, 9.17) is 14.0 Å². The Balaban J connectivity index is 1.81. The minimum atomic E-state index is -0.333. The Kier molecular flexibility index (Phi) is 3.84. The van der Waals surface area contributed by atoms with E-state index in [-0.39, 0.29) is 24.4 Å². The molecule has 114 valence electrons. The Labute approximate surface area is 127 Å². The van der Waals surface area contributed by atoms with Crippen molar-refractivity contribution in [2.75, 3.05) is 6.61 Å². The van der Waals surface area contributed by atoms with Crippen LogP contribution in [0.25, 0.3) is 0 Å². The number of aromatic nitrogens is 1. The molecule has 3 rings (SSSR count). The quantitative estimate of drug-likeness (QED) is 0.785. The van der Waals surface area contributed by atoms with Gasteiger partial charge in [0.05, 0.1) is 23.0 Å². The lowest BCUT2D eigenvalue weighted by Gasteiger charge is -2.32. The van der Waals surface area contributed by atoms with Crippen molar-refractivity contribution in [3.63, 3.8) is 0 Å². The van der Waals surface area contributed by atoms with Gasteiger partial charge in [0.1, 0.15) is 0 Å². The molecule has 2 fully saturated rings. The smallest absolute Gasteiger partial charge is 0.399 e. The molecule has 0 spiro atoms. The topological polar surface area (TPSA) is 40.6 Å². The summed E-state index contributed by atoms with van der Waals surface area (Å²) in [6.45, 7) is 9.10. The minimum absolute atomic E-state index is 0.112. The molecule has 2 aliphatic rings. The van der Waals surface area contributed by atoms with Crippen LogP contribution in [0.2, 0.25) is 0 Å². The van der Waals surface area contributed by atoms with Crippen LogP contribution in [0.4, 0.5) is 0 Å². The fourth-order valence-corrected chi connectivity index (χ4v) is 2.74. The van der Waals surface area contributed by atoms with Crippen molar-refractivity contribution < 1.29 is 14.0 Å². The second-order valence-electron chi connectivity index (χ2n) is 6.96. The van der Waals surface area contributed by atoms with Crippen LogP contribution in [-0.4, -0.2) is 29.9 Å². The maximum absolute atomic E-state index is 6.10. The third-order valence-corrected chi connectivity index (χ3v) is 4.84. The standard InChI is InChI=1S/C16H24BNO3/c1-15(2)16(3,4)21-17(20-15)12-8-9-18-13(11-12)14-7-5-6-10-19-14/h8-9,11,14H,5-7,10H2,1-4H3. The van der Waals surface area contributed by atoms with Crippen molar-refractivity contribution in [2.45, 2.75) is 64.3 Å². The average Bonchev–Trinajstić information content (AvgIpc) is 2.69. The number of hydrogen-bond acceptors (Lipinski definition) is 4. The molecule has 1 unspecified atom stereocenters. The summed E-state index contributed by atoms with van der Waals surface area (Å²) in [7, 11) is -0.333. The van der Waals surface area contributed by atoms with Crippen LogP contribution >= 0.6 is 0 Å². The zero-order valence-corrected chi connectivity index (χ0v) is 13.4. The fourth-order valence-electron chi connectivity index (χ4n) is 2.74. The van der Waals surface area contributed by atoms with E-state index in [0.717, 1.165) is 30.6 Å². The summed E-state index contributed by atoms with van der Waals surface area (Å²) in [5.41, 5.74) is 1.37. The van der Waals surface area contributed by atoms with Gasteiger partial charge in [0.25, 0.3) is 0 Å². The van der Waals surface area contributed by atoms with Crippen molar-refractivity contribution in [3.05, 3.63) is 24.0 Å². The lowest BCUT2D eigenvalue weighted by atomic mass is 9.79. The first-order chi connectivity index (χ1) is 9.89. The molecular formula is C16H24BNO3. The number of pyridine rings is 1. The van der Waals surface area contributed by atoms with Crippen LogP contribution in [0.3, 0.4) is 0 Å². The summed E-state index contributed by atoms with van der Waals surface area (Å²) in [6.07, 6.45) is 5.33. The Morgan fingerprint density at radius 2 is 1.86 bits per heavy atom. The van der Waals surface area contributed by atoms with Gasteiger partial charge in [-0.05, 0) is 64.6 Å². The van der Waals surface area contributed by atoms with E-state index >= 15 is 0 Å². The monoisotopic (exact) mass is 289 g/mol. The number of rotatable bonds is 2. The van der Waals surface area contributed by atoms with Gasteiger partial charge in [-0.2, -0.15) is 0 Å². The summed E-state index contributed by atoms with van der Waals surface area (Å²) in [4.78, 5) is 4.47. The summed E-state index contributed by atoms with van der Waals surface area (Å²) in [6, 6.07) is 4.03. The first kappa shape index (κ1) is 15.0. The fraction of sp³-hybridized carbons (Fsp3) is 0.688. The Morgan fingerprint density at radius 3 is 2.48 bits per heavy atom. The molecule has 0 amide bonds. The molecule has 21 heavy (non-hydrogen) atoms. The molecule has 4 nitrogen and oxygen atoms in total. The third-order valence-electron chi connectivity index (χ3n) is 4.84. The van der Waals surface area contributed by atoms with E-state index in [1.165, 1.54) is 6.42 Å². The van der Waals surface area contributed by atoms with Crippen LogP contribution in [0.1, 0.15) is 58.8 Å². The maximum Gasteiger partial charge on any atom is 0.494 e. The molecule has 2 aliphatic heterocycles. The zero-order chi connectivity index (χ0) is 15.1. The van der Waals surface area contributed by atoms with Crippen molar-refractivity contribution >= 4 is 12.6 Å². The molecular weight excluding hydrogens is 265 g/mol. The van der Waals surface area contributed by atoms with Gasteiger partial charge < -0.3 is 14.0 Å². The Hall–Kier alpha value is -0.905. The molecule has 0 aromatic carbocycles. The van der Waals surface area contributed by atoms with E-state index in [2.05, 4.69) is 38.7 Å². The van der Waals surface area contributed by atoms with E-state index in [9.17, 15) is 0 Å². The predicted molar refractivity (Wildman–Crippen MR) is 82.5 cm³/mol. The highest BCUT2D eigenvalue weighted by Gasteiger charge is 2.51. The second-order valence-corrected chi connectivity index (χ2v) is 6.96. The molecule has 0 radical (unpaired) electrons. The number of ether oxygens (including phenoxy) is 1. The molecule has 0 N–H and O–H groups in total. The zero-order valence-electron chi connectivity index (χ0n) is 13.4. The lowest BCUT2D eigenvalue weighted by Crippen LogP contribution is -2.41. The van der Waals surface area contributed by atoms with Crippen LogP contribution < -0.4 is 5.46 Å². The van der Waals surface area contributed by atoms with Crippen LogP contribution in [0, 0.1) is 0 Å². The third kappa shape index (κ3) is 2.87. The highest BCUT2D eigenvalue weighted by Crippen LogP contribution is 2.36. The molecule has 1 aromatic rings. The SMILES string of the molecule is CC1(C)OB(c2ccnc(C3CCCCO3)c2)OC1(C)C. The van der Waals surface area contributed by atoms with Gasteiger partial charge in [0, 0.05) is 12.8 Å². The molecule has 5 heteroatoms. The molecule has 0 aliphatic carbocycles. The van der Waals surface area contributed by atoms with E-state index in [1.807, 2.05) is 12.3 Å². The van der Waals surface area contributed by atoms with Gasteiger partial charge in [-0.1, -0.05) is 0 Å². The molecule has 0 bridgehead atoms. The van der Waals surface area contributed by atoms with Crippen molar-refractivity contribution in [3.8, 4) is 0 Å². The Bertz CT molecular complexity index is 496. The molecule has 1 atom stereocenters. The second kappa shape index (κ2) is 5.38. The van der Waals surface area contributed by atoms with Crippen LogP contribution in [0.15, 0.2) is 18.3 Å². The molecule has 1 aromatic heterocycles. The molecule has 0 saturated carbocycles. The van der Waals surface area contributed by atoms with Gasteiger partial charge in [-0.3, -0.25) is 4.98 Å². The Morgan fingerprint density at radius 1 is 1.14 bits per heavy atom. The lowest BCUT2D eigenvalue weighted by molar-refractivity contribution is 0.00578. The van der Waals surface area contributed by atoms with Crippen LogP contribution in [-0.2, 0) is 14.0 Å². The van der Waals surface area contributed by atoms with Crippen LogP contribution in [0.5, 0.6) is 0 Å². The summed E-state index contributed by atoms with van der Waals surface area (Å²) >= 11 is 0. The minimum Gasteiger partial charge on any atom is -0.399 e. The van der Waals surface area contributed by atoms with Gasteiger partial charge in [-0.15, -0.1) is 0 Å². The highest BCUT2D eigenvalue weighted by molar-refractivity contribution is 6.62. The molecule has 2 saturated heterocycles.